The summed E-state index contributed by atoms with van der Waals surface area (Å²) in [5, 5.41) is 6.98. The SMILES string of the molecule is CS[C@@H]1CC[C@H](NC(=O)Nc2nc(-c3ccccc3)ns2)C1. The van der Waals surface area contributed by atoms with Crippen LogP contribution in [0.1, 0.15) is 19.3 Å². The van der Waals surface area contributed by atoms with Crippen LogP contribution in [-0.4, -0.2) is 32.9 Å². The van der Waals surface area contributed by atoms with E-state index in [1.165, 1.54) is 18.0 Å². The summed E-state index contributed by atoms with van der Waals surface area (Å²) < 4.78 is 4.28. The summed E-state index contributed by atoms with van der Waals surface area (Å²) in [4.78, 5) is 16.4. The topological polar surface area (TPSA) is 66.9 Å². The Balaban J connectivity index is 1.55. The zero-order valence-electron chi connectivity index (χ0n) is 12.3. The Morgan fingerprint density at radius 2 is 2.14 bits per heavy atom. The van der Waals surface area contributed by atoms with Crippen molar-refractivity contribution in [2.75, 3.05) is 11.6 Å². The lowest BCUT2D eigenvalue weighted by atomic mass is 10.2. The smallest absolute Gasteiger partial charge is 0.321 e. The van der Waals surface area contributed by atoms with Crippen molar-refractivity contribution in [3.63, 3.8) is 0 Å². The van der Waals surface area contributed by atoms with Crippen LogP contribution in [0.2, 0.25) is 0 Å². The van der Waals surface area contributed by atoms with E-state index in [2.05, 4.69) is 26.2 Å². The molecular formula is C15H18N4OS2. The molecule has 1 aromatic heterocycles. The van der Waals surface area contributed by atoms with Crippen molar-refractivity contribution >= 4 is 34.5 Å². The number of nitrogens with one attached hydrogen (secondary N) is 2. The minimum absolute atomic E-state index is 0.192. The predicted octanol–water partition coefficient (Wildman–Crippen LogP) is 3.61. The Morgan fingerprint density at radius 3 is 2.86 bits per heavy atom. The van der Waals surface area contributed by atoms with Crippen molar-refractivity contribution < 1.29 is 4.79 Å². The molecule has 1 saturated carbocycles. The molecule has 2 N–H and O–H groups in total. The third kappa shape index (κ3) is 3.78. The van der Waals surface area contributed by atoms with E-state index < -0.39 is 0 Å². The van der Waals surface area contributed by atoms with Crippen molar-refractivity contribution in [2.24, 2.45) is 0 Å². The van der Waals surface area contributed by atoms with E-state index in [9.17, 15) is 4.79 Å². The van der Waals surface area contributed by atoms with Gasteiger partial charge in [0.15, 0.2) is 5.82 Å². The number of thioether (sulfide) groups is 1. The van der Waals surface area contributed by atoms with Gasteiger partial charge in [-0.15, -0.1) is 0 Å². The minimum atomic E-state index is -0.192. The third-order valence-electron chi connectivity index (χ3n) is 3.73. The van der Waals surface area contributed by atoms with Gasteiger partial charge < -0.3 is 5.32 Å². The second kappa shape index (κ2) is 7.11. The zero-order valence-corrected chi connectivity index (χ0v) is 13.9. The largest absolute Gasteiger partial charge is 0.335 e. The summed E-state index contributed by atoms with van der Waals surface area (Å²) in [5.41, 5.74) is 0.950. The highest BCUT2D eigenvalue weighted by molar-refractivity contribution is 7.99. The first-order valence-corrected chi connectivity index (χ1v) is 9.30. The van der Waals surface area contributed by atoms with Gasteiger partial charge in [0, 0.05) is 28.4 Å². The molecule has 0 saturated heterocycles. The third-order valence-corrected chi connectivity index (χ3v) is 5.46. The maximum absolute atomic E-state index is 12.0. The van der Waals surface area contributed by atoms with Gasteiger partial charge in [-0.05, 0) is 25.5 Å². The Morgan fingerprint density at radius 1 is 1.32 bits per heavy atom. The number of carbonyl (C=O) groups is 1. The zero-order chi connectivity index (χ0) is 15.4. The van der Waals surface area contributed by atoms with Crippen LogP contribution in [0, 0.1) is 0 Å². The van der Waals surface area contributed by atoms with Crippen LogP contribution < -0.4 is 10.6 Å². The molecule has 1 fully saturated rings. The summed E-state index contributed by atoms with van der Waals surface area (Å²) in [7, 11) is 0. The number of rotatable bonds is 4. The average molecular weight is 334 g/mol. The standard InChI is InChI=1S/C15H18N4OS2/c1-21-12-8-7-11(9-12)16-14(20)18-15-17-13(19-22-15)10-5-3-2-4-6-10/h2-6,11-12H,7-9H2,1H3,(H2,16,17,18,19,20)/t11-,12+/m0/s1. The first kappa shape index (κ1) is 15.3. The number of anilines is 1. The van der Waals surface area contributed by atoms with Crippen LogP contribution >= 0.6 is 23.3 Å². The van der Waals surface area contributed by atoms with Gasteiger partial charge in [-0.25, -0.2) is 4.79 Å². The fourth-order valence-corrected chi connectivity index (χ4v) is 3.96. The molecular weight excluding hydrogens is 316 g/mol. The fourth-order valence-electron chi connectivity index (χ4n) is 2.58. The maximum atomic E-state index is 12.0. The quantitative estimate of drug-likeness (QED) is 0.896. The minimum Gasteiger partial charge on any atom is -0.335 e. The van der Waals surface area contributed by atoms with Crippen LogP contribution in [0.3, 0.4) is 0 Å². The van der Waals surface area contributed by atoms with Gasteiger partial charge in [-0.2, -0.15) is 21.1 Å². The molecule has 2 amide bonds. The van der Waals surface area contributed by atoms with Crippen molar-refractivity contribution in [2.45, 2.75) is 30.6 Å². The van der Waals surface area contributed by atoms with Gasteiger partial charge in [-0.3, -0.25) is 5.32 Å². The van der Waals surface area contributed by atoms with Crippen molar-refractivity contribution in [3.8, 4) is 11.4 Å². The molecule has 5 nitrogen and oxygen atoms in total. The van der Waals surface area contributed by atoms with Crippen molar-refractivity contribution in [1.82, 2.24) is 14.7 Å². The van der Waals surface area contributed by atoms with Crippen LogP contribution in [-0.2, 0) is 0 Å². The number of hydrogen-bond acceptors (Lipinski definition) is 5. The Hall–Kier alpha value is -1.60. The summed E-state index contributed by atoms with van der Waals surface area (Å²) in [6, 6.07) is 9.81. The van der Waals surface area contributed by atoms with E-state index in [0.717, 1.165) is 18.4 Å². The lowest BCUT2D eigenvalue weighted by molar-refractivity contribution is 0.248. The van der Waals surface area contributed by atoms with Crippen molar-refractivity contribution in [3.05, 3.63) is 30.3 Å². The molecule has 0 aliphatic heterocycles. The summed E-state index contributed by atoms with van der Waals surface area (Å²) in [6.45, 7) is 0. The molecule has 1 heterocycles. The average Bonchev–Trinajstić information content (AvgIpc) is 3.17. The highest BCUT2D eigenvalue weighted by atomic mass is 32.2. The normalized spacial score (nSPS) is 20.8. The molecule has 0 unspecified atom stereocenters. The molecule has 22 heavy (non-hydrogen) atoms. The summed E-state index contributed by atoms with van der Waals surface area (Å²) >= 11 is 3.07. The van der Waals surface area contributed by atoms with Crippen LogP contribution in [0.25, 0.3) is 11.4 Å². The van der Waals surface area contributed by atoms with E-state index in [1.54, 1.807) is 0 Å². The number of amides is 2. The number of urea groups is 1. The van der Waals surface area contributed by atoms with E-state index >= 15 is 0 Å². The van der Waals surface area contributed by atoms with Crippen LogP contribution in [0.5, 0.6) is 0 Å². The second-order valence-corrected chi connectivity index (χ2v) is 7.15. The van der Waals surface area contributed by atoms with Gasteiger partial charge >= 0.3 is 6.03 Å². The fraction of sp³-hybridized carbons (Fsp3) is 0.400. The molecule has 7 heteroatoms. The van der Waals surface area contributed by atoms with E-state index in [-0.39, 0.29) is 12.1 Å². The lowest BCUT2D eigenvalue weighted by Crippen LogP contribution is -2.36. The van der Waals surface area contributed by atoms with Gasteiger partial charge in [0.05, 0.1) is 0 Å². The summed E-state index contributed by atoms with van der Waals surface area (Å²) in [5.74, 6) is 0.643. The molecule has 0 radical (unpaired) electrons. The van der Waals surface area contributed by atoms with E-state index in [1.807, 2.05) is 42.1 Å². The maximum Gasteiger partial charge on any atom is 0.321 e. The molecule has 0 spiro atoms. The molecule has 1 aromatic carbocycles. The molecule has 1 aliphatic rings. The first-order valence-electron chi connectivity index (χ1n) is 7.24. The monoisotopic (exact) mass is 334 g/mol. The Labute approximate surface area is 138 Å². The Bertz CT molecular complexity index is 631. The lowest BCUT2D eigenvalue weighted by Gasteiger charge is -2.12. The number of benzene rings is 1. The number of aromatic nitrogens is 2. The van der Waals surface area contributed by atoms with Gasteiger partial charge in [0.25, 0.3) is 0 Å². The Kier molecular flexibility index (Phi) is 4.94. The molecule has 0 bridgehead atoms. The van der Waals surface area contributed by atoms with Gasteiger partial charge in [0.2, 0.25) is 5.13 Å². The highest BCUT2D eigenvalue weighted by Crippen LogP contribution is 2.28. The molecule has 2 aromatic rings. The number of hydrogen-bond donors (Lipinski definition) is 2. The molecule has 3 rings (SSSR count). The molecule has 1 aliphatic carbocycles. The second-order valence-electron chi connectivity index (χ2n) is 5.26. The van der Waals surface area contributed by atoms with E-state index in [0.29, 0.717) is 16.2 Å². The van der Waals surface area contributed by atoms with Crippen LogP contribution in [0.4, 0.5) is 9.93 Å². The number of carbonyl (C=O) groups excluding carboxylic acids is 1. The molecule has 116 valence electrons. The van der Waals surface area contributed by atoms with Crippen molar-refractivity contribution in [1.29, 1.82) is 0 Å². The summed E-state index contributed by atoms with van der Waals surface area (Å²) in [6.07, 6.45) is 5.38. The molecule has 2 atom stereocenters. The number of nitrogens with zero attached hydrogens (tertiary/aromatic N) is 2. The predicted molar refractivity (Wildman–Crippen MR) is 92.4 cm³/mol. The first-order chi connectivity index (χ1) is 10.7. The van der Waals surface area contributed by atoms with E-state index in [4.69, 9.17) is 0 Å². The van der Waals surface area contributed by atoms with Gasteiger partial charge in [-0.1, -0.05) is 30.3 Å². The van der Waals surface area contributed by atoms with Crippen LogP contribution in [0.15, 0.2) is 30.3 Å². The van der Waals surface area contributed by atoms with Gasteiger partial charge in [0.1, 0.15) is 0 Å². The highest BCUT2D eigenvalue weighted by Gasteiger charge is 2.25.